The third-order valence-electron chi connectivity index (χ3n) is 11.1. The molecule has 0 aromatic heterocycles. The van der Waals surface area contributed by atoms with E-state index >= 15 is 0 Å². The highest BCUT2D eigenvalue weighted by Gasteiger charge is 2.24. The van der Waals surface area contributed by atoms with Gasteiger partial charge in [0, 0.05) is 6.42 Å². The summed E-state index contributed by atoms with van der Waals surface area (Å²) < 4.78 is 5.91. The molecule has 0 aliphatic rings. The Labute approximate surface area is 371 Å². The normalized spacial score (nSPS) is 13.9. The summed E-state index contributed by atoms with van der Waals surface area (Å²) in [7, 11) is 0. The maximum absolute atomic E-state index is 13.2. The quantitative estimate of drug-likeness (QED) is 0.0246. The molecule has 0 aliphatic carbocycles. The predicted molar refractivity (Wildman–Crippen MR) is 259 cm³/mol. The van der Waals surface area contributed by atoms with Crippen LogP contribution in [-0.2, 0) is 14.3 Å². The molecule has 0 aromatic carbocycles. The Balaban J connectivity index is 4.67. The average Bonchev–Trinajstić information content (AvgIpc) is 3.24. The topological polar surface area (TPSA) is 95.9 Å². The van der Waals surface area contributed by atoms with Crippen LogP contribution in [0, 0.1) is 0 Å². The summed E-state index contributed by atoms with van der Waals surface area (Å²) in [5.74, 6) is -0.530. The van der Waals surface area contributed by atoms with Crippen LogP contribution in [0.5, 0.6) is 0 Å². The van der Waals surface area contributed by atoms with Gasteiger partial charge >= 0.3 is 5.97 Å². The van der Waals surface area contributed by atoms with E-state index in [2.05, 4.69) is 74.7 Å². The molecule has 0 aliphatic heterocycles. The van der Waals surface area contributed by atoms with E-state index in [0.29, 0.717) is 19.3 Å². The van der Waals surface area contributed by atoms with Crippen molar-refractivity contribution in [3.63, 3.8) is 0 Å². The van der Waals surface area contributed by atoms with E-state index in [1.807, 2.05) is 24.3 Å². The molecule has 3 N–H and O–H groups in total. The van der Waals surface area contributed by atoms with Crippen LogP contribution in [0.1, 0.15) is 233 Å². The summed E-state index contributed by atoms with van der Waals surface area (Å²) in [6.07, 6.45) is 59.6. The number of aliphatic hydroxyl groups excluding tert-OH is 2. The number of hydrogen-bond donors (Lipinski definition) is 3. The molecule has 0 rings (SSSR count). The van der Waals surface area contributed by atoms with Crippen LogP contribution in [0.3, 0.4) is 0 Å². The molecular formula is C54H95NO5. The van der Waals surface area contributed by atoms with Gasteiger partial charge < -0.3 is 20.3 Å². The Morgan fingerprint density at radius 3 is 1.53 bits per heavy atom. The minimum absolute atomic E-state index is 0.0535. The van der Waals surface area contributed by atoms with E-state index in [4.69, 9.17) is 4.74 Å². The van der Waals surface area contributed by atoms with Gasteiger partial charge in [-0.25, -0.2) is 0 Å². The van der Waals surface area contributed by atoms with Gasteiger partial charge in [-0.05, 0) is 77.0 Å². The molecular weight excluding hydrogens is 743 g/mol. The highest BCUT2D eigenvalue weighted by molar-refractivity contribution is 5.77. The zero-order valence-electron chi connectivity index (χ0n) is 39.3. The van der Waals surface area contributed by atoms with Crippen LogP contribution in [0.15, 0.2) is 72.9 Å². The summed E-state index contributed by atoms with van der Waals surface area (Å²) in [6, 6.07) is -0.714. The average molecular weight is 838 g/mol. The third kappa shape index (κ3) is 42.0. The number of esters is 1. The lowest BCUT2D eigenvalue weighted by molar-refractivity contribution is -0.151. The molecule has 0 bridgehead atoms. The molecule has 3 unspecified atom stereocenters. The van der Waals surface area contributed by atoms with Crippen molar-refractivity contribution in [1.82, 2.24) is 5.32 Å². The van der Waals surface area contributed by atoms with E-state index in [1.54, 1.807) is 0 Å². The fourth-order valence-corrected chi connectivity index (χ4v) is 7.29. The first-order chi connectivity index (χ1) is 29.5. The van der Waals surface area contributed by atoms with Crippen LogP contribution >= 0.6 is 0 Å². The summed E-state index contributed by atoms with van der Waals surface area (Å²) in [4.78, 5) is 26.1. The Kier molecular flexibility index (Phi) is 45.2. The molecule has 60 heavy (non-hydrogen) atoms. The smallest absolute Gasteiger partial charge is 0.306 e. The second-order valence-electron chi connectivity index (χ2n) is 16.9. The number of hydrogen-bond acceptors (Lipinski definition) is 5. The van der Waals surface area contributed by atoms with Gasteiger partial charge in [-0.3, -0.25) is 9.59 Å². The number of ether oxygens (including phenoxy) is 1. The summed E-state index contributed by atoms with van der Waals surface area (Å²) >= 11 is 0. The van der Waals surface area contributed by atoms with Gasteiger partial charge in [0.2, 0.25) is 5.91 Å². The number of allylic oxidation sites excluding steroid dienone is 12. The number of carbonyl (C=O) groups excluding carboxylic acids is 2. The molecule has 0 radical (unpaired) electrons. The number of unbranched alkanes of at least 4 members (excludes halogenated alkanes) is 23. The van der Waals surface area contributed by atoms with Crippen LogP contribution in [0.2, 0.25) is 0 Å². The number of rotatable bonds is 44. The van der Waals surface area contributed by atoms with Crippen LogP contribution in [0.4, 0.5) is 0 Å². The fourth-order valence-electron chi connectivity index (χ4n) is 7.29. The molecule has 0 saturated carbocycles. The zero-order chi connectivity index (χ0) is 43.8. The number of amides is 1. The Hall–Kier alpha value is -2.70. The first-order valence-electron chi connectivity index (χ1n) is 25.2. The first-order valence-corrected chi connectivity index (χ1v) is 25.2. The van der Waals surface area contributed by atoms with Gasteiger partial charge in [0.05, 0.1) is 25.2 Å². The van der Waals surface area contributed by atoms with Crippen LogP contribution in [0.25, 0.3) is 0 Å². The monoisotopic (exact) mass is 838 g/mol. The standard InChI is InChI=1S/C54H95NO5/c1-4-7-10-13-16-19-22-24-25-26-27-29-31-33-36-39-42-45-50(60-54(59)47-44-41-38-35-32-28-23-20-17-14-11-8-5-2)48-53(58)55-51(49-56)52(57)46-43-40-37-34-30-21-18-15-12-9-6-3/h8,11,14,16-17,19-20,23-25,28,32,50-52,56-57H,4-7,9-10,12-13,15,18,21-22,26-27,29-31,33-49H2,1-3H3,(H,55,58)/b11-8+,17-14+,19-16-,23-20-,25-24-,32-28-. The number of nitrogens with one attached hydrogen (secondary N) is 1. The molecule has 6 nitrogen and oxygen atoms in total. The molecule has 0 spiro atoms. The maximum Gasteiger partial charge on any atom is 0.306 e. The lowest BCUT2D eigenvalue weighted by Crippen LogP contribution is -2.46. The van der Waals surface area contributed by atoms with Crippen molar-refractivity contribution >= 4 is 11.9 Å². The lowest BCUT2D eigenvalue weighted by Gasteiger charge is -2.24. The highest BCUT2D eigenvalue weighted by Crippen LogP contribution is 2.17. The van der Waals surface area contributed by atoms with E-state index < -0.39 is 18.2 Å². The maximum atomic E-state index is 13.2. The fraction of sp³-hybridized carbons (Fsp3) is 0.741. The number of carbonyl (C=O) groups is 2. The van der Waals surface area contributed by atoms with Crippen molar-refractivity contribution < 1.29 is 24.5 Å². The molecule has 0 fully saturated rings. The van der Waals surface area contributed by atoms with Gasteiger partial charge in [-0.2, -0.15) is 0 Å². The summed E-state index contributed by atoms with van der Waals surface area (Å²) in [6.45, 7) is 6.30. The van der Waals surface area contributed by atoms with Gasteiger partial charge in [0.15, 0.2) is 0 Å². The molecule has 3 atom stereocenters. The van der Waals surface area contributed by atoms with Crippen molar-refractivity contribution in [3.05, 3.63) is 72.9 Å². The minimum Gasteiger partial charge on any atom is -0.462 e. The van der Waals surface area contributed by atoms with Crippen molar-refractivity contribution in [1.29, 1.82) is 0 Å². The van der Waals surface area contributed by atoms with Crippen molar-refractivity contribution in [3.8, 4) is 0 Å². The van der Waals surface area contributed by atoms with Crippen molar-refractivity contribution in [2.24, 2.45) is 0 Å². The SMILES string of the molecule is CC/C=C/C=C/C=C\C=C/CCCCCC(=O)OC(CCCCCCCCC/C=C\C/C=C\CCCCC)CC(=O)NC(CO)C(O)CCCCCCCCCCCCC. The zero-order valence-corrected chi connectivity index (χ0v) is 39.3. The first kappa shape index (κ1) is 57.3. The van der Waals surface area contributed by atoms with E-state index in [9.17, 15) is 19.8 Å². The molecule has 1 amide bonds. The van der Waals surface area contributed by atoms with Gasteiger partial charge in [-0.15, -0.1) is 0 Å². The second kappa shape index (κ2) is 47.4. The Morgan fingerprint density at radius 2 is 0.967 bits per heavy atom. The molecule has 0 aromatic rings. The summed E-state index contributed by atoms with van der Waals surface area (Å²) in [5.41, 5.74) is 0. The predicted octanol–water partition coefficient (Wildman–Crippen LogP) is 15.0. The number of aliphatic hydroxyl groups is 2. The third-order valence-corrected chi connectivity index (χ3v) is 11.1. The largest absolute Gasteiger partial charge is 0.462 e. The Bertz CT molecular complexity index is 1120. The van der Waals surface area contributed by atoms with Crippen LogP contribution in [-0.4, -0.2) is 46.9 Å². The van der Waals surface area contributed by atoms with E-state index in [1.165, 1.54) is 103 Å². The molecule has 0 saturated heterocycles. The van der Waals surface area contributed by atoms with Crippen molar-refractivity contribution in [2.45, 2.75) is 251 Å². The molecule has 346 valence electrons. The van der Waals surface area contributed by atoms with E-state index in [-0.39, 0.29) is 24.9 Å². The van der Waals surface area contributed by atoms with Crippen molar-refractivity contribution in [2.75, 3.05) is 6.61 Å². The lowest BCUT2D eigenvalue weighted by atomic mass is 10.0. The van der Waals surface area contributed by atoms with Gasteiger partial charge in [0.25, 0.3) is 0 Å². The molecule has 6 heteroatoms. The summed E-state index contributed by atoms with van der Waals surface area (Å²) in [5, 5.41) is 23.7. The minimum atomic E-state index is -0.799. The van der Waals surface area contributed by atoms with Crippen LogP contribution < -0.4 is 5.32 Å². The van der Waals surface area contributed by atoms with E-state index in [0.717, 1.165) is 83.5 Å². The molecule has 0 heterocycles. The van der Waals surface area contributed by atoms with Gasteiger partial charge in [-0.1, -0.05) is 216 Å². The second-order valence-corrected chi connectivity index (χ2v) is 16.9. The van der Waals surface area contributed by atoms with Gasteiger partial charge in [0.1, 0.15) is 6.10 Å². The highest BCUT2D eigenvalue weighted by atomic mass is 16.5. The Morgan fingerprint density at radius 1 is 0.517 bits per heavy atom.